The molecule has 0 aliphatic rings. The molecule has 1 rings (SSSR count). The van der Waals surface area contributed by atoms with Crippen LogP contribution in [0.15, 0.2) is 29.4 Å². The summed E-state index contributed by atoms with van der Waals surface area (Å²) < 4.78 is 52.1. The third kappa shape index (κ3) is 12.5. The standard InChI is InChI=1S/C10H16N3OS.F5P.FH/c1-11(2)10(12(3)4)15-9-7-5-6-8-13(9)14;1-6(2,3,4)5;/h5-8H,1-4H3;;1H/q+1;;/p-1. The minimum atomic E-state index is -8.55. The van der Waals surface area contributed by atoms with E-state index in [-0.39, 0.29) is 4.70 Å². The molecular formula is C10H16F6N3OPS. The Bertz CT molecular complexity index is 500. The number of hydrogen-bond acceptors (Lipinski definition) is 2. The first-order chi connectivity index (χ1) is 9.26. The third-order valence-electron chi connectivity index (χ3n) is 1.75. The molecule has 0 unspecified atom stereocenters. The number of aromatic nitrogens is 1. The van der Waals surface area contributed by atoms with E-state index in [4.69, 9.17) is 0 Å². The Morgan fingerprint density at radius 1 is 1.18 bits per heavy atom. The van der Waals surface area contributed by atoms with E-state index in [1.54, 1.807) is 6.07 Å². The van der Waals surface area contributed by atoms with E-state index in [1.165, 1.54) is 18.0 Å². The smallest absolute Gasteiger partial charge is 1.00 e. The SMILES string of the molecule is CN(C)C(Sc1cccc[n+]1[O-])=[N+](C)C.FP(F)(F)(F)F.[F-]. The van der Waals surface area contributed by atoms with E-state index in [0.29, 0.717) is 5.03 Å². The molecule has 22 heavy (non-hydrogen) atoms. The van der Waals surface area contributed by atoms with Crippen LogP contribution in [0.4, 0.5) is 21.0 Å². The molecule has 12 heteroatoms. The van der Waals surface area contributed by atoms with Gasteiger partial charge in [-0.1, -0.05) is 0 Å². The first kappa shape index (κ1) is 23.1. The third-order valence-corrected chi connectivity index (χ3v) is 3.19. The molecule has 0 saturated heterocycles. The molecule has 0 aliphatic carbocycles. The molecule has 130 valence electrons. The van der Waals surface area contributed by atoms with Gasteiger partial charge in [0.2, 0.25) is 0 Å². The first-order valence-electron chi connectivity index (χ1n) is 5.44. The molecule has 0 aromatic carbocycles. The van der Waals surface area contributed by atoms with Crippen molar-refractivity contribution in [1.82, 2.24) is 4.90 Å². The van der Waals surface area contributed by atoms with Crippen molar-refractivity contribution in [2.24, 2.45) is 0 Å². The minimum absolute atomic E-state index is 0. The van der Waals surface area contributed by atoms with E-state index < -0.39 is 8.16 Å². The Kier molecular flexibility index (Phi) is 8.83. The zero-order chi connectivity index (χ0) is 16.9. The number of nitrogens with zero attached hydrogens (tertiary/aromatic N) is 3. The molecular weight excluding hydrogens is 355 g/mol. The van der Waals surface area contributed by atoms with E-state index in [2.05, 4.69) is 0 Å². The van der Waals surface area contributed by atoms with Gasteiger partial charge in [0.05, 0.1) is 40.0 Å². The summed E-state index contributed by atoms with van der Waals surface area (Å²) in [6.45, 7) is 0. The van der Waals surface area contributed by atoms with Crippen molar-refractivity contribution in [1.29, 1.82) is 0 Å². The average molecular weight is 371 g/mol. The fourth-order valence-corrected chi connectivity index (χ4v) is 2.02. The van der Waals surface area contributed by atoms with Gasteiger partial charge in [-0.05, 0) is 6.07 Å². The van der Waals surface area contributed by atoms with Crippen LogP contribution in [0.5, 0.6) is 0 Å². The molecule has 0 N–H and O–H groups in total. The van der Waals surface area contributed by atoms with Gasteiger partial charge in [0.25, 0.3) is 5.03 Å². The van der Waals surface area contributed by atoms with Crippen molar-refractivity contribution >= 4 is 25.1 Å². The van der Waals surface area contributed by atoms with Crippen molar-refractivity contribution in [3.63, 3.8) is 0 Å². The number of amidine groups is 1. The van der Waals surface area contributed by atoms with Gasteiger partial charge in [-0.3, -0.25) is 9.48 Å². The second-order valence-corrected chi connectivity index (χ2v) is 6.44. The van der Waals surface area contributed by atoms with Crippen LogP contribution in [0.3, 0.4) is 0 Å². The molecule has 0 aliphatic heterocycles. The number of hydrogen-bond donors (Lipinski definition) is 0. The Balaban J connectivity index is 0. The normalized spacial score (nSPS) is 12.0. The quantitative estimate of drug-likeness (QED) is 0.138. The molecule has 0 radical (unpaired) electrons. The summed E-state index contributed by atoms with van der Waals surface area (Å²) in [5.41, 5.74) is 0. The van der Waals surface area contributed by atoms with E-state index in [9.17, 15) is 26.2 Å². The Hall–Kier alpha value is -1.22. The van der Waals surface area contributed by atoms with Gasteiger partial charge in [0.1, 0.15) is 0 Å². The number of thioether (sulfide) groups is 1. The van der Waals surface area contributed by atoms with Crippen LogP contribution in [0.25, 0.3) is 0 Å². The number of rotatable bonds is 1. The van der Waals surface area contributed by atoms with Gasteiger partial charge < -0.3 is 9.91 Å². The number of halogens is 6. The number of pyridine rings is 1. The molecule has 0 saturated carbocycles. The van der Waals surface area contributed by atoms with Crippen molar-refractivity contribution in [2.75, 3.05) is 28.2 Å². The molecule has 1 heterocycles. The largest absolute Gasteiger partial charge is 1.00 e. The topological polar surface area (TPSA) is 33.2 Å². The predicted molar refractivity (Wildman–Crippen MR) is 74.5 cm³/mol. The van der Waals surface area contributed by atoms with Crippen molar-refractivity contribution in [3.05, 3.63) is 29.6 Å². The van der Waals surface area contributed by atoms with Crippen molar-refractivity contribution < 1.29 is 35.0 Å². The predicted octanol–water partition coefficient (Wildman–Crippen LogP) is 0.568. The molecule has 0 bridgehead atoms. The summed E-state index contributed by atoms with van der Waals surface area (Å²) in [6.07, 6.45) is 1.51. The minimum Gasteiger partial charge on any atom is -1.00 e. The van der Waals surface area contributed by atoms with Gasteiger partial charge in [-0.15, -0.1) is 0 Å². The molecule has 0 atom stereocenters. The fraction of sp³-hybridized carbons (Fsp3) is 0.400. The summed E-state index contributed by atoms with van der Waals surface area (Å²) in [7, 11) is -0.715. The second-order valence-electron chi connectivity index (χ2n) is 4.18. The molecule has 0 fully saturated rings. The van der Waals surface area contributed by atoms with Crippen LogP contribution in [0, 0.1) is 5.21 Å². The summed E-state index contributed by atoms with van der Waals surface area (Å²) in [5, 5.41) is 13.1. The molecule has 1 aromatic rings. The summed E-state index contributed by atoms with van der Waals surface area (Å²) in [4.78, 5) is 1.98. The summed E-state index contributed by atoms with van der Waals surface area (Å²) >= 11 is 1.45. The molecule has 4 nitrogen and oxygen atoms in total. The fourth-order valence-electron chi connectivity index (χ4n) is 1.17. The maximum absolute atomic E-state index is 11.4. The van der Waals surface area contributed by atoms with Gasteiger partial charge >= 0.3 is 34.3 Å². The molecule has 0 spiro atoms. The monoisotopic (exact) mass is 371 g/mol. The van der Waals surface area contributed by atoms with E-state index in [1.807, 2.05) is 49.8 Å². The Morgan fingerprint density at radius 2 is 1.64 bits per heavy atom. The maximum Gasteiger partial charge on any atom is -1.00 e. The van der Waals surface area contributed by atoms with Gasteiger partial charge in [0, 0.05) is 12.1 Å². The first-order valence-corrected chi connectivity index (χ1v) is 7.95. The van der Waals surface area contributed by atoms with Gasteiger partial charge in [-0.25, -0.2) is 0 Å². The van der Waals surface area contributed by atoms with E-state index >= 15 is 0 Å². The Morgan fingerprint density at radius 3 is 1.95 bits per heavy atom. The Labute approximate surface area is 128 Å². The van der Waals surface area contributed by atoms with Crippen LogP contribution >= 0.6 is 19.9 Å². The van der Waals surface area contributed by atoms with Gasteiger partial charge in [-0.2, -0.15) is 4.73 Å². The van der Waals surface area contributed by atoms with Crippen LogP contribution in [-0.2, 0) is 0 Å². The van der Waals surface area contributed by atoms with Crippen molar-refractivity contribution in [2.45, 2.75) is 5.03 Å². The van der Waals surface area contributed by atoms with Gasteiger partial charge in [0.15, 0.2) is 6.20 Å². The van der Waals surface area contributed by atoms with E-state index in [0.717, 1.165) is 9.90 Å². The molecule has 0 amide bonds. The summed E-state index contributed by atoms with van der Waals surface area (Å²) in [6, 6.07) is 5.40. The van der Waals surface area contributed by atoms with Crippen LogP contribution in [0.2, 0.25) is 0 Å². The zero-order valence-corrected chi connectivity index (χ0v) is 13.9. The van der Waals surface area contributed by atoms with Crippen LogP contribution < -0.4 is 9.43 Å². The zero-order valence-electron chi connectivity index (χ0n) is 12.2. The average Bonchev–Trinajstić information content (AvgIpc) is 2.23. The van der Waals surface area contributed by atoms with Crippen LogP contribution in [-0.4, -0.2) is 42.8 Å². The van der Waals surface area contributed by atoms with Crippen molar-refractivity contribution in [3.8, 4) is 0 Å². The molecule has 1 aromatic heterocycles. The summed E-state index contributed by atoms with van der Waals surface area (Å²) in [5.74, 6) is 0. The second kappa shape index (κ2) is 8.42. The van der Waals surface area contributed by atoms with Crippen LogP contribution in [0.1, 0.15) is 0 Å². The maximum atomic E-state index is 11.4.